The Kier molecular flexibility index (Phi) is 6.40. The first-order valence-electron chi connectivity index (χ1n) is 7.19. The average molecular weight is 368 g/mol. The Morgan fingerprint density at radius 2 is 1.88 bits per heavy atom. The maximum Gasteiger partial charge on any atom is 0.293 e. The lowest BCUT2D eigenvalue weighted by molar-refractivity contribution is -0.383. The summed E-state index contributed by atoms with van der Waals surface area (Å²) in [6.45, 7) is 0.879. The average Bonchev–Trinajstić information content (AvgIpc) is 2.55. The number of hydrogen-bond acceptors (Lipinski definition) is 4. The zero-order valence-corrected chi connectivity index (χ0v) is 14.1. The van der Waals surface area contributed by atoms with Crippen LogP contribution in [0.5, 0.6) is 0 Å². The molecule has 0 fully saturated rings. The highest BCUT2D eigenvalue weighted by Crippen LogP contribution is 2.27. The first-order valence-corrected chi connectivity index (χ1v) is 7.95. The van der Waals surface area contributed by atoms with E-state index in [0.717, 1.165) is 0 Å². The number of carbonyl (C=O) groups excluding carboxylic acids is 1. The van der Waals surface area contributed by atoms with Crippen molar-refractivity contribution in [3.8, 4) is 0 Å². The molecule has 0 saturated carbocycles. The molecular formula is C16H15Cl2N3O3. The van der Waals surface area contributed by atoms with E-state index in [0.29, 0.717) is 40.8 Å². The Morgan fingerprint density at radius 1 is 1.12 bits per heavy atom. The summed E-state index contributed by atoms with van der Waals surface area (Å²) < 4.78 is 0. The quantitative estimate of drug-likeness (QED) is 0.437. The Morgan fingerprint density at radius 3 is 2.58 bits per heavy atom. The van der Waals surface area contributed by atoms with E-state index in [9.17, 15) is 14.9 Å². The molecule has 0 spiro atoms. The van der Waals surface area contributed by atoms with Gasteiger partial charge >= 0.3 is 0 Å². The fourth-order valence-corrected chi connectivity index (χ4v) is 2.45. The number of rotatable bonds is 7. The van der Waals surface area contributed by atoms with Gasteiger partial charge in [-0.2, -0.15) is 0 Å². The molecule has 8 heteroatoms. The highest BCUT2D eigenvalue weighted by atomic mass is 35.5. The van der Waals surface area contributed by atoms with Gasteiger partial charge in [0.25, 0.3) is 11.6 Å². The molecule has 2 aromatic rings. The van der Waals surface area contributed by atoms with Crippen LogP contribution in [0, 0.1) is 10.1 Å². The third-order valence-electron chi connectivity index (χ3n) is 3.23. The van der Waals surface area contributed by atoms with Crippen molar-refractivity contribution in [2.45, 2.75) is 6.42 Å². The van der Waals surface area contributed by atoms with Gasteiger partial charge in [-0.1, -0.05) is 35.3 Å². The number of benzene rings is 2. The molecule has 6 nitrogen and oxygen atoms in total. The van der Waals surface area contributed by atoms with Crippen molar-refractivity contribution in [2.75, 3.05) is 18.4 Å². The number of hydrogen-bond donors (Lipinski definition) is 2. The lowest BCUT2D eigenvalue weighted by Crippen LogP contribution is -2.26. The van der Waals surface area contributed by atoms with Crippen LogP contribution in [0.1, 0.15) is 16.8 Å². The van der Waals surface area contributed by atoms with Crippen molar-refractivity contribution >= 4 is 40.5 Å². The molecule has 2 rings (SSSR count). The number of anilines is 1. The van der Waals surface area contributed by atoms with Gasteiger partial charge < -0.3 is 10.6 Å². The van der Waals surface area contributed by atoms with Crippen LogP contribution in [-0.2, 0) is 0 Å². The maximum atomic E-state index is 12.0. The van der Waals surface area contributed by atoms with E-state index < -0.39 is 4.92 Å². The molecule has 126 valence electrons. The summed E-state index contributed by atoms with van der Waals surface area (Å²) in [6, 6.07) is 11.2. The molecule has 0 heterocycles. The molecule has 0 atom stereocenters. The van der Waals surface area contributed by atoms with Gasteiger partial charge in [-0.15, -0.1) is 0 Å². The highest BCUT2D eigenvalue weighted by Gasteiger charge is 2.13. The van der Waals surface area contributed by atoms with Crippen LogP contribution < -0.4 is 10.6 Å². The topological polar surface area (TPSA) is 84.3 Å². The van der Waals surface area contributed by atoms with E-state index >= 15 is 0 Å². The molecule has 0 aromatic heterocycles. The van der Waals surface area contributed by atoms with Crippen molar-refractivity contribution in [1.82, 2.24) is 5.32 Å². The van der Waals surface area contributed by atoms with Crippen molar-refractivity contribution < 1.29 is 9.72 Å². The second-order valence-electron chi connectivity index (χ2n) is 4.93. The Labute approximate surface area is 148 Å². The summed E-state index contributed by atoms with van der Waals surface area (Å²) >= 11 is 11.7. The van der Waals surface area contributed by atoms with Crippen molar-refractivity contribution in [3.05, 3.63) is 68.2 Å². The maximum absolute atomic E-state index is 12.0. The number of halogens is 2. The van der Waals surface area contributed by atoms with Crippen LogP contribution in [0.2, 0.25) is 10.0 Å². The fourth-order valence-electron chi connectivity index (χ4n) is 2.06. The minimum atomic E-state index is -0.493. The van der Waals surface area contributed by atoms with Crippen LogP contribution in [0.3, 0.4) is 0 Å². The lowest BCUT2D eigenvalue weighted by Gasteiger charge is -2.09. The SMILES string of the molecule is O=C(NCCCNc1ccc(Cl)cc1[N+](=O)[O-])c1ccccc1Cl. The summed E-state index contributed by atoms with van der Waals surface area (Å²) in [5.74, 6) is -0.252. The summed E-state index contributed by atoms with van der Waals surface area (Å²) in [7, 11) is 0. The molecule has 0 aliphatic carbocycles. The van der Waals surface area contributed by atoms with Gasteiger partial charge in [0.2, 0.25) is 0 Å². The Balaban J connectivity index is 1.81. The van der Waals surface area contributed by atoms with Crippen molar-refractivity contribution in [3.63, 3.8) is 0 Å². The number of amides is 1. The largest absolute Gasteiger partial charge is 0.379 e. The molecule has 0 unspecified atom stereocenters. The predicted molar refractivity (Wildman–Crippen MR) is 95.0 cm³/mol. The van der Waals surface area contributed by atoms with Crippen LogP contribution >= 0.6 is 23.2 Å². The molecule has 1 amide bonds. The van der Waals surface area contributed by atoms with Crippen LogP contribution in [0.15, 0.2) is 42.5 Å². The van der Waals surface area contributed by atoms with Crippen LogP contribution in [-0.4, -0.2) is 23.9 Å². The number of carbonyl (C=O) groups is 1. The second kappa shape index (κ2) is 8.52. The molecule has 0 aliphatic heterocycles. The molecule has 0 aliphatic rings. The summed E-state index contributed by atoms with van der Waals surface area (Å²) in [5.41, 5.74) is 0.727. The highest BCUT2D eigenvalue weighted by molar-refractivity contribution is 6.33. The molecule has 2 N–H and O–H groups in total. The minimum absolute atomic E-state index is 0.0809. The molecule has 24 heavy (non-hydrogen) atoms. The minimum Gasteiger partial charge on any atom is -0.379 e. The number of nitro benzene ring substituents is 1. The molecule has 0 saturated heterocycles. The molecular weight excluding hydrogens is 353 g/mol. The van der Waals surface area contributed by atoms with Gasteiger partial charge in [0.1, 0.15) is 5.69 Å². The third-order valence-corrected chi connectivity index (χ3v) is 3.79. The summed E-state index contributed by atoms with van der Waals surface area (Å²) in [6.07, 6.45) is 0.593. The van der Waals surface area contributed by atoms with Crippen LogP contribution in [0.25, 0.3) is 0 Å². The standard InChI is InChI=1S/C16H15Cl2N3O3/c17-11-6-7-14(15(10-11)21(23)24)19-8-3-9-20-16(22)12-4-1-2-5-13(12)18/h1-2,4-7,10,19H,3,8-9H2,(H,20,22). The number of nitro groups is 1. The normalized spacial score (nSPS) is 10.2. The first-order chi connectivity index (χ1) is 11.5. The predicted octanol–water partition coefficient (Wildman–Crippen LogP) is 4.13. The zero-order chi connectivity index (χ0) is 17.5. The zero-order valence-electron chi connectivity index (χ0n) is 12.6. The third kappa shape index (κ3) is 4.84. The van der Waals surface area contributed by atoms with Gasteiger partial charge in [0.15, 0.2) is 0 Å². The fraction of sp³-hybridized carbons (Fsp3) is 0.188. The van der Waals surface area contributed by atoms with Gasteiger partial charge in [-0.25, -0.2) is 0 Å². The van der Waals surface area contributed by atoms with E-state index in [-0.39, 0.29) is 11.6 Å². The van der Waals surface area contributed by atoms with E-state index in [1.165, 1.54) is 6.07 Å². The van der Waals surface area contributed by atoms with E-state index in [2.05, 4.69) is 10.6 Å². The second-order valence-corrected chi connectivity index (χ2v) is 5.78. The van der Waals surface area contributed by atoms with E-state index in [1.54, 1.807) is 36.4 Å². The van der Waals surface area contributed by atoms with Crippen LogP contribution in [0.4, 0.5) is 11.4 Å². The van der Waals surface area contributed by atoms with E-state index in [1.807, 2.05) is 0 Å². The summed E-state index contributed by atoms with van der Waals surface area (Å²) in [4.78, 5) is 22.4. The number of nitrogens with one attached hydrogen (secondary N) is 2. The smallest absolute Gasteiger partial charge is 0.293 e. The number of nitrogens with zero attached hydrogens (tertiary/aromatic N) is 1. The van der Waals surface area contributed by atoms with E-state index in [4.69, 9.17) is 23.2 Å². The van der Waals surface area contributed by atoms with Crippen molar-refractivity contribution in [1.29, 1.82) is 0 Å². The first kappa shape index (κ1) is 18.0. The van der Waals surface area contributed by atoms with Crippen molar-refractivity contribution in [2.24, 2.45) is 0 Å². The van der Waals surface area contributed by atoms with Gasteiger partial charge in [0, 0.05) is 24.2 Å². The molecule has 0 radical (unpaired) electrons. The van der Waals surface area contributed by atoms with Gasteiger partial charge in [-0.05, 0) is 30.7 Å². The van der Waals surface area contributed by atoms with Gasteiger partial charge in [0.05, 0.1) is 15.5 Å². The van der Waals surface area contributed by atoms with Gasteiger partial charge in [-0.3, -0.25) is 14.9 Å². The lowest BCUT2D eigenvalue weighted by atomic mass is 10.2. The Hall–Kier alpha value is -2.31. The molecule has 2 aromatic carbocycles. The molecule has 0 bridgehead atoms. The monoisotopic (exact) mass is 367 g/mol. The Bertz CT molecular complexity index is 753. The summed E-state index contributed by atoms with van der Waals surface area (Å²) in [5, 5.41) is 17.4.